The molecule has 0 aromatic heterocycles. The molecule has 1 saturated carbocycles. The Morgan fingerprint density at radius 1 is 1.25 bits per heavy atom. The number of hydrogen-bond donors (Lipinski definition) is 0. The molecule has 0 aromatic rings. The van der Waals surface area contributed by atoms with E-state index in [2.05, 4.69) is 36.7 Å². The zero-order chi connectivity index (χ0) is 9.14. The van der Waals surface area contributed by atoms with Gasteiger partial charge in [-0.05, 0) is 43.4 Å². The summed E-state index contributed by atoms with van der Waals surface area (Å²) in [5.74, 6) is 2.80. The fourth-order valence-corrected chi connectivity index (χ4v) is 3.16. The minimum Gasteiger partial charge on any atom is -0.0891 e. The molecule has 0 bridgehead atoms. The minimum absolute atomic E-state index is 0.817. The summed E-state index contributed by atoms with van der Waals surface area (Å²) in [6.45, 7) is 7.09. The van der Waals surface area contributed by atoms with Crippen LogP contribution in [0.3, 0.4) is 0 Å². The number of alkyl halides is 1. The molecule has 0 heterocycles. The van der Waals surface area contributed by atoms with E-state index in [9.17, 15) is 0 Å². The van der Waals surface area contributed by atoms with Gasteiger partial charge >= 0.3 is 0 Å². The molecule has 1 heteroatoms. The van der Waals surface area contributed by atoms with Crippen molar-refractivity contribution in [2.24, 2.45) is 17.8 Å². The topological polar surface area (TPSA) is 0 Å². The van der Waals surface area contributed by atoms with E-state index < -0.39 is 0 Å². The average molecular weight is 233 g/mol. The van der Waals surface area contributed by atoms with Crippen LogP contribution in [0.25, 0.3) is 0 Å². The number of hydrogen-bond acceptors (Lipinski definition) is 0. The third-order valence-corrected chi connectivity index (χ3v) is 3.89. The second-order valence-corrected chi connectivity index (χ2v) is 6.07. The summed E-state index contributed by atoms with van der Waals surface area (Å²) in [5.41, 5.74) is 0. The van der Waals surface area contributed by atoms with Crippen molar-refractivity contribution in [3.63, 3.8) is 0 Å². The molecule has 1 aliphatic rings. The van der Waals surface area contributed by atoms with Gasteiger partial charge in [0.15, 0.2) is 0 Å². The average Bonchev–Trinajstić information content (AvgIpc) is 2.34. The lowest BCUT2D eigenvalue weighted by Gasteiger charge is -2.20. The molecule has 0 spiro atoms. The van der Waals surface area contributed by atoms with Gasteiger partial charge in [-0.1, -0.05) is 36.7 Å². The van der Waals surface area contributed by atoms with Crippen LogP contribution in [-0.2, 0) is 0 Å². The van der Waals surface area contributed by atoms with Crippen molar-refractivity contribution in [2.45, 2.75) is 51.3 Å². The summed E-state index contributed by atoms with van der Waals surface area (Å²) in [6, 6.07) is 0. The molecule has 1 aliphatic carbocycles. The number of rotatable bonds is 3. The van der Waals surface area contributed by atoms with Crippen LogP contribution >= 0.6 is 15.9 Å². The van der Waals surface area contributed by atoms with E-state index in [0.717, 1.165) is 22.6 Å². The van der Waals surface area contributed by atoms with Gasteiger partial charge in [0, 0.05) is 4.83 Å². The normalized spacial score (nSPS) is 32.8. The van der Waals surface area contributed by atoms with Gasteiger partial charge in [0.1, 0.15) is 0 Å². The Labute approximate surface area is 85.3 Å². The molecule has 1 fully saturated rings. The number of halogens is 1. The summed E-state index contributed by atoms with van der Waals surface area (Å²) in [5, 5.41) is 0. The van der Waals surface area contributed by atoms with Crippen LogP contribution in [0, 0.1) is 17.8 Å². The van der Waals surface area contributed by atoms with E-state index in [1.165, 1.54) is 25.7 Å². The molecule has 0 aromatic carbocycles. The lowest BCUT2D eigenvalue weighted by molar-refractivity contribution is 0.310. The summed E-state index contributed by atoms with van der Waals surface area (Å²) < 4.78 is 0. The van der Waals surface area contributed by atoms with Crippen LogP contribution in [0.5, 0.6) is 0 Å². The zero-order valence-corrected chi connectivity index (χ0v) is 10.1. The predicted octanol–water partition coefficient (Wildman–Crippen LogP) is 4.23. The van der Waals surface area contributed by atoms with Gasteiger partial charge in [-0.2, -0.15) is 0 Å². The van der Waals surface area contributed by atoms with E-state index in [4.69, 9.17) is 0 Å². The van der Waals surface area contributed by atoms with Crippen LogP contribution in [-0.4, -0.2) is 4.83 Å². The smallest absolute Gasteiger partial charge is 0.0148 e. The maximum atomic E-state index is 3.71. The molecule has 0 nitrogen and oxygen atoms in total. The van der Waals surface area contributed by atoms with Gasteiger partial charge in [-0.15, -0.1) is 0 Å². The molecule has 3 unspecified atom stereocenters. The van der Waals surface area contributed by atoms with Crippen LogP contribution in [0.4, 0.5) is 0 Å². The highest BCUT2D eigenvalue weighted by Crippen LogP contribution is 2.37. The standard InChI is InChI=1S/C11H21Br/c1-8(2)6-9(3)10-4-5-11(12)7-10/h8-11H,4-7H2,1-3H3. The fourth-order valence-electron chi connectivity index (χ4n) is 2.41. The Kier molecular flexibility index (Phi) is 4.09. The van der Waals surface area contributed by atoms with E-state index in [-0.39, 0.29) is 0 Å². The molecular weight excluding hydrogens is 212 g/mol. The molecule has 0 radical (unpaired) electrons. The van der Waals surface area contributed by atoms with Crippen molar-refractivity contribution < 1.29 is 0 Å². The predicted molar refractivity (Wildman–Crippen MR) is 58.7 cm³/mol. The Balaban J connectivity index is 2.28. The van der Waals surface area contributed by atoms with Crippen LogP contribution in [0.2, 0.25) is 0 Å². The highest BCUT2D eigenvalue weighted by atomic mass is 79.9. The lowest BCUT2D eigenvalue weighted by Crippen LogP contribution is -2.11. The summed E-state index contributed by atoms with van der Waals surface area (Å²) in [7, 11) is 0. The van der Waals surface area contributed by atoms with Crippen molar-refractivity contribution in [3.05, 3.63) is 0 Å². The molecule has 12 heavy (non-hydrogen) atoms. The molecule has 0 amide bonds. The van der Waals surface area contributed by atoms with Crippen molar-refractivity contribution in [1.29, 1.82) is 0 Å². The van der Waals surface area contributed by atoms with Gasteiger partial charge in [-0.25, -0.2) is 0 Å². The lowest BCUT2D eigenvalue weighted by atomic mass is 9.86. The zero-order valence-electron chi connectivity index (χ0n) is 8.52. The third kappa shape index (κ3) is 3.08. The maximum Gasteiger partial charge on any atom is 0.0148 e. The molecule has 0 saturated heterocycles. The van der Waals surface area contributed by atoms with Crippen LogP contribution < -0.4 is 0 Å². The van der Waals surface area contributed by atoms with E-state index in [0.29, 0.717) is 0 Å². The summed E-state index contributed by atoms with van der Waals surface area (Å²) >= 11 is 3.71. The van der Waals surface area contributed by atoms with Gasteiger partial charge in [0.05, 0.1) is 0 Å². The van der Waals surface area contributed by atoms with E-state index >= 15 is 0 Å². The second-order valence-electron chi connectivity index (χ2n) is 4.78. The molecule has 0 aliphatic heterocycles. The highest BCUT2D eigenvalue weighted by molar-refractivity contribution is 9.09. The van der Waals surface area contributed by atoms with Crippen molar-refractivity contribution in [1.82, 2.24) is 0 Å². The highest BCUT2D eigenvalue weighted by Gasteiger charge is 2.27. The SMILES string of the molecule is CC(C)CC(C)C1CCC(Br)C1. The molecule has 0 N–H and O–H groups in total. The summed E-state index contributed by atoms with van der Waals surface area (Å²) in [6.07, 6.45) is 5.66. The van der Waals surface area contributed by atoms with Gasteiger partial charge in [-0.3, -0.25) is 0 Å². The van der Waals surface area contributed by atoms with Crippen LogP contribution in [0.15, 0.2) is 0 Å². The third-order valence-electron chi connectivity index (χ3n) is 3.06. The van der Waals surface area contributed by atoms with Crippen molar-refractivity contribution in [3.8, 4) is 0 Å². The van der Waals surface area contributed by atoms with Crippen molar-refractivity contribution >= 4 is 15.9 Å². The van der Waals surface area contributed by atoms with Crippen LogP contribution in [0.1, 0.15) is 46.5 Å². The maximum absolute atomic E-state index is 3.71. The van der Waals surface area contributed by atoms with Gasteiger partial charge in [0.25, 0.3) is 0 Å². The van der Waals surface area contributed by atoms with Gasteiger partial charge in [0.2, 0.25) is 0 Å². The monoisotopic (exact) mass is 232 g/mol. The molecular formula is C11H21Br. The largest absolute Gasteiger partial charge is 0.0891 e. The first-order valence-electron chi connectivity index (χ1n) is 5.23. The van der Waals surface area contributed by atoms with Crippen molar-refractivity contribution in [2.75, 3.05) is 0 Å². The second kappa shape index (κ2) is 4.64. The Hall–Kier alpha value is 0.480. The molecule has 3 atom stereocenters. The first-order valence-corrected chi connectivity index (χ1v) is 6.15. The Morgan fingerprint density at radius 2 is 1.92 bits per heavy atom. The summed E-state index contributed by atoms with van der Waals surface area (Å²) in [4.78, 5) is 0.817. The van der Waals surface area contributed by atoms with E-state index in [1.54, 1.807) is 0 Å². The first-order chi connectivity index (χ1) is 5.59. The molecule has 1 rings (SSSR count). The minimum atomic E-state index is 0.817. The Bertz CT molecular complexity index is 131. The fraction of sp³-hybridized carbons (Fsp3) is 1.00. The molecule has 72 valence electrons. The van der Waals surface area contributed by atoms with E-state index in [1.807, 2.05) is 0 Å². The van der Waals surface area contributed by atoms with Gasteiger partial charge < -0.3 is 0 Å². The first kappa shape index (κ1) is 10.6. The quantitative estimate of drug-likeness (QED) is 0.640. The Morgan fingerprint density at radius 3 is 2.33 bits per heavy atom.